The van der Waals surface area contributed by atoms with Crippen molar-refractivity contribution in [1.29, 1.82) is 0 Å². The highest BCUT2D eigenvalue weighted by molar-refractivity contribution is 6.05. The number of methoxy groups -OCH3 is 1. The smallest absolute Gasteiger partial charge is 0.357 e. The maximum Gasteiger partial charge on any atom is 0.357 e. The number of anilines is 2. The van der Waals surface area contributed by atoms with Gasteiger partial charge in [0.25, 0.3) is 11.5 Å². The fourth-order valence-corrected chi connectivity index (χ4v) is 3.48. The van der Waals surface area contributed by atoms with E-state index in [2.05, 4.69) is 15.7 Å². The van der Waals surface area contributed by atoms with Crippen LogP contribution in [-0.2, 0) is 11.3 Å². The Labute approximate surface area is 198 Å². The van der Waals surface area contributed by atoms with Gasteiger partial charge in [-0.15, -0.1) is 0 Å². The number of carbonyl (C=O) groups is 3. The zero-order valence-corrected chi connectivity index (χ0v) is 18.5. The molecule has 0 atom stereocenters. The number of hydrogen-bond acceptors (Lipinski definition) is 6. The Kier molecular flexibility index (Phi) is 6.54. The van der Waals surface area contributed by atoms with Gasteiger partial charge < -0.3 is 20.5 Å². The molecule has 2 amide bonds. The third-order valence-corrected chi connectivity index (χ3v) is 5.15. The number of nitrogens with zero attached hydrogens (tertiary/aromatic N) is 2. The molecule has 0 spiro atoms. The average Bonchev–Trinajstić information content (AvgIpc) is 2.86. The lowest BCUT2D eigenvalue weighted by Gasteiger charge is -2.11. The number of para-hydroxylation sites is 2. The van der Waals surface area contributed by atoms with Gasteiger partial charge in [-0.05, 0) is 42.5 Å². The maximum atomic E-state index is 12.7. The van der Waals surface area contributed by atoms with Crippen LogP contribution in [0.1, 0.15) is 20.8 Å². The summed E-state index contributed by atoms with van der Waals surface area (Å²) in [6.45, 7) is -0.486. The number of carbonyl (C=O) groups excluding carboxylic acids is 2. The Morgan fingerprint density at radius 2 is 1.57 bits per heavy atom. The van der Waals surface area contributed by atoms with Crippen LogP contribution in [0.5, 0.6) is 5.75 Å². The van der Waals surface area contributed by atoms with Gasteiger partial charge in [-0.3, -0.25) is 14.4 Å². The minimum Gasteiger partial charge on any atom is -0.495 e. The number of amides is 2. The van der Waals surface area contributed by atoms with Gasteiger partial charge in [0.2, 0.25) is 5.91 Å². The molecule has 0 aliphatic heterocycles. The highest BCUT2D eigenvalue weighted by atomic mass is 16.5. The van der Waals surface area contributed by atoms with Crippen LogP contribution in [0.3, 0.4) is 0 Å². The topological polar surface area (TPSA) is 140 Å². The summed E-state index contributed by atoms with van der Waals surface area (Å²) < 4.78 is 6.04. The zero-order valence-electron chi connectivity index (χ0n) is 18.5. The van der Waals surface area contributed by atoms with E-state index in [0.29, 0.717) is 22.7 Å². The second kappa shape index (κ2) is 9.87. The van der Waals surface area contributed by atoms with Crippen LogP contribution in [0.15, 0.2) is 77.6 Å². The number of fused-ring (bicyclic) bond motifs is 1. The molecule has 0 fully saturated rings. The van der Waals surface area contributed by atoms with Crippen molar-refractivity contribution in [3.63, 3.8) is 0 Å². The maximum absolute atomic E-state index is 12.7. The fourth-order valence-electron chi connectivity index (χ4n) is 3.48. The van der Waals surface area contributed by atoms with E-state index in [0.717, 1.165) is 4.68 Å². The first kappa shape index (κ1) is 23.2. The van der Waals surface area contributed by atoms with Crippen LogP contribution >= 0.6 is 0 Å². The van der Waals surface area contributed by atoms with Crippen molar-refractivity contribution in [2.45, 2.75) is 6.54 Å². The van der Waals surface area contributed by atoms with Crippen molar-refractivity contribution in [1.82, 2.24) is 9.78 Å². The molecular weight excluding hydrogens is 452 g/mol. The van der Waals surface area contributed by atoms with Gasteiger partial charge in [-0.1, -0.05) is 30.3 Å². The fraction of sp³-hybridized carbons (Fsp3) is 0.0800. The van der Waals surface area contributed by atoms with Crippen molar-refractivity contribution >= 4 is 39.9 Å². The lowest BCUT2D eigenvalue weighted by atomic mass is 10.1. The number of ether oxygens (including phenoxy) is 1. The van der Waals surface area contributed by atoms with E-state index in [1.54, 1.807) is 36.4 Å². The molecule has 1 aromatic heterocycles. The Balaban J connectivity index is 1.47. The molecule has 0 radical (unpaired) electrons. The van der Waals surface area contributed by atoms with E-state index in [1.165, 1.54) is 43.5 Å². The van der Waals surface area contributed by atoms with Gasteiger partial charge in [0.1, 0.15) is 12.3 Å². The standard InChI is InChI=1S/C25H20N4O6/c1-35-20-9-5-4-8-19(20)27-23(31)15-10-12-16(13-11-15)26-21(30)14-29-24(32)18-7-3-2-6-17(18)22(28-29)25(33)34/h2-13H,14H2,1H3,(H,26,30)(H,27,31)(H,33,34). The minimum absolute atomic E-state index is 0.151. The molecule has 0 unspecified atom stereocenters. The summed E-state index contributed by atoms with van der Waals surface area (Å²) in [7, 11) is 1.51. The number of nitrogens with one attached hydrogen (secondary N) is 2. The number of benzene rings is 3. The molecule has 3 aromatic carbocycles. The summed E-state index contributed by atoms with van der Waals surface area (Å²) in [5.41, 5.74) is 0.359. The summed E-state index contributed by atoms with van der Waals surface area (Å²) >= 11 is 0. The molecule has 0 aliphatic carbocycles. The Morgan fingerprint density at radius 1 is 0.914 bits per heavy atom. The van der Waals surface area contributed by atoms with Crippen molar-refractivity contribution < 1.29 is 24.2 Å². The van der Waals surface area contributed by atoms with Gasteiger partial charge in [0.05, 0.1) is 18.2 Å². The quantitative estimate of drug-likeness (QED) is 0.376. The first-order chi connectivity index (χ1) is 16.9. The number of aromatic nitrogens is 2. The molecule has 1 heterocycles. The zero-order chi connectivity index (χ0) is 24.9. The Hall–Kier alpha value is -4.99. The van der Waals surface area contributed by atoms with Gasteiger partial charge in [-0.25, -0.2) is 9.48 Å². The summed E-state index contributed by atoms with van der Waals surface area (Å²) in [6, 6.07) is 19.3. The first-order valence-corrected chi connectivity index (χ1v) is 10.4. The molecule has 3 N–H and O–H groups in total. The normalized spacial score (nSPS) is 10.5. The molecule has 176 valence electrons. The molecule has 0 aliphatic rings. The molecule has 35 heavy (non-hydrogen) atoms. The van der Waals surface area contributed by atoms with E-state index in [9.17, 15) is 24.3 Å². The van der Waals surface area contributed by atoms with Crippen LogP contribution in [0.2, 0.25) is 0 Å². The van der Waals surface area contributed by atoms with E-state index >= 15 is 0 Å². The van der Waals surface area contributed by atoms with Crippen molar-refractivity contribution in [2.24, 2.45) is 0 Å². The van der Waals surface area contributed by atoms with Gasteiger partial charge >= 0.3 is 5.97 Å². The molecule has 4 aromatic rings. The predicted octanol–water partition coefficient (Wildman–Crippen LogP) is 2.99. The third-order valence-electron chi connectivity index (χ3n) is 5.15. The van der Waals surface area contributed by atoms with Crippen LogP contribution in [0.4, 0.5) is 11.4 Å². The summed E-state index contributed by atoms with van der Waals surface area (Å²) in [5.74, 6) is -1.73. The highest BCUT2D eigenvalue weighted by Gasteiger charge is 2.17. The van der Waals surface area contributed by atoms with Crippen LogP contribution in [-0.4, -0.2) is 39.8 Å². The number of carboxylic acid groups (broad SMARTS) is 1. The monoisotopic (exact) mass is 472 g/mol. The van der Waals surface area contributed by atoms with Crippen molar-refractivity contribution in [3.05, 3.63) is 94.4 Å². The van der Waals surface area contributed by atoms with Gasteiger partial charge in [-0.2, -0.15) is 5.10 Å². The second-order valence-corrected chi connectivity index (χ2v) is 7.44. The van der Waals surface area contributed by atoms with Gasteiger partial charge in [0.15, 0.2) is 5.69 Å². The van der Waals surface area contributed by atoms with E-state index in [4.69, 9.17) is 4.74 Å². The van der Waals surface area contributed by atoms with Gasteiger partial charge in [0, 0.05) is 16.6 Å². The number of hydrogen-bond donors (Lipinski definition) is 3. The molecule has 4 rings (SSSR count). The number of aromatic carboxylic acids is 1. The molecule has 0 saturated heterocycles. The molecule has 10 heteroatoms. The molecule has 0 bridgehead atoms. The third kappa shape index (κ3) is 5.01. The van der Waals surface area contributed by atoms with E-state index in [-0.39, 0.29) is 22.4 Å². The highest BCUT2D eigenvalue weighted by Crippen LogP contribution is 2.24. The first-order valence-electron chi connectivity index (χ1n) is 10.4. The largest absolute Gasteiger partial charge is 0.495 e. The molecule has 10 nitrogen and oxygen atoms in total. The van der Waals surface area contributed by atoms with Crippen molar-refractivity contribution in [2.75, 3.05) is 17.7 Å². The lowest BCUT2D eigenvalue weighted by molar-refractivity contribution is -0.117. The Morgan fingerprint density at radius 3 is 2.26 bits per heavy atom. The van der Waals surface area contributed by atoms with E-state index < -0.39 is 24.0 Å². The van der Waals surface area contributed by atoms with Crippen LogP contribution in [0.25, 0.3) is 10.8 Å². The summed E-state index contributed by atoms with van der Waals surface area (Å²) in [6.07, 6.45) is 0. The predicted molar refractivity (Wildman–Crippen MR) is 129 cm³/mol. The molecular formula is C25H20N4O6. The minimum atomic E-state index is -1.31. The summed E-state index contributed by atoms with van der Waals surface area (Å²) in [5, 5.41) is 19.0. The van der Waals surface area contributed by atoms with Crippen LogP contribution in [0, 0.1) is 0 Å². The molecule has 0 saturated carbocycles. The van der Waals surface area contributed by atoms with Crippen LogP contribution < -0.4 is 20.9 Å². The van der Waals surface area contributed by atoms with Crippen molar-refractivity contribution in [3.8, 4) is 5.75 Å². The SMILES string of the molecule is COc1ccccc1NC(=O)c1ccc(NC(=O)Cn2nc(C(=O)O)c3ccccc3c2=O)cc1. The average molecular weight is 472 g/mol. The Bertz CT molecular complexity index is 1490. The number of rotatable bonds is 7. The second-order valence-electron chi connectivity index (χ2n) is 7.44. The lowest BCUT2D eigenvalue weighted by Crippen LogP contribution is -2.31. The summed E-state index contributed by atoms with van der Waals surface area (Å²) in [4.78, 5) is 49.3. The number of carboxylic acids is 1. The van der Waals surface area contributed by atoms with E-state index in [1.807, 2.05) is 0 Å².